The molecule has 2 atom stereocenters. The van der Waals surface area contributed by atoms with Gasteiger partial charge < -0.3 is 15.3 Å². The van der Waals surface area contributed by atoms with E-state index in [1.54, 1.807) is 17.2 Å². The van der Waals surface area contributed by atoms with Gasteiger partial charge in [0.2, 0.25) is 17.8 Å². The van der Waals surface area contributed by atoms with E-state index in [2.05, 4.69) is 77.7 Å². The molecule has 64 heavy (non-hydrogen) atoms. The number of amides is 3. The van der Waals surface area contributed by atoms with E-state index in [0.717, 1.165) is 100 Å². The topological polar surface area (TPSA) is 162 Å². The summed E-state index contributed by atoms with van der Waals surface area (Å²) in [6.45, 7) is 8.53. The van der Waals surface area contributed by atoms with Crippen LogP contribution in [0, 0.1) is 5.82 Å². The Morgan fingerprint density at radius 1 is 0.828 bits per heavy atom. The number of nitrogens with zero attached hydrogens (tertiary/aromatic N) is 8. The fourth-order valence-electron chi connectivity index (χ4n) is 10.5. The van der Waals surface area contributed by atoms with Gasteiger partial charge in [-0.15, -0.1) is 0 Å². The molecular formula is C49H55FN10O4. The van der Waals surface area contributed by atoms with Gasteiger partial charge in [0.15, 0.2) is 5.82 Å². The number of aryl methyl sites for hydroxylation is 1. The lowest BCUT2D eigenvalue weighted by molar-refractivity contribution is -0.136. The number of aliphatic hydroxyl groups is 1. The zero-order valence-corrected chi connectivity index (χ0v) is 36.3. The number of pyridine rings is 1. The summed E-state index contributed by atoms with van der Waals surface area (Å²) in [4.78, 5) is 57.2. The van der Waals surface area contributed by atoms with Crippen LogP contribution < -0.4 is 10.6 Å². The molecule has 0 radical (unpaired) electrons. The van der Waals surface area contributed by atoms with Crippen molar-refractivity contribution < 1.29 is 23.9 Å². The number of fused-ring (bicyclic) bond motifs is 2. The van der Waals surface area contributed by atoms with Crippen molar-refractivity contribution in [3.8, 4) is 11.3 Å². The van der Waals surface area contributed by atoms with Crippen molar-refractivity contribution >= 4 is 29.5 Å². The van der Waals surface area contributed by atoms with Crippen LogP contribution in [0.25, 0.3) is 11.3 Å². The molecule has 1 unspecified atom stereocenters. The summed E-state index contributed by atoms with van der Waals surface area (Å²) >= 11 is 0. The van der Waals surface area contributed by atoms with Gasteiger partial charge >= 0.3 is 0 Å². The number of anilines is 2. The van der Waals surface area contributed by atoms with Crippen molar-refractivity contribution in [3.63, 3.8) is 0 Å². The number of aromatic nitrogens is 5. The number of halogens is 1. The van der Waals surface area contributed by atoms with E-state index in [1.807, 2.05) is 29.1 Å². The Balaban J connectivity index is 0.679. The number of hydrogen-bond acceptors (Lipinski definition) is 11. The van der Waals surface area contributed by atoms with Gasteiger partial charge in [-0.25, -0.2) is 19.3 Å². The van der Waals surface area contributed by atoms with E-state index < -0.39 is 23.4 Å². The maximum atomic E-state index is 15.1. The smallest absolute Gasteiger partial charge is 0.255 e. The number of hydrogen-bond donors (Lipinski definition) is 3. The van der Waals surface area contributed by atoms with Crippen LogP contribution in [0.3, 0.4) is 0 Å². The molecule has 5 aliphatic rings. The van der Waals surface area contributed by atoms with Crippen molar-refractivity contribution in [2.75, 3.05) is 31.5 Å². The Bertz CT molecular complexity index is 2550. The second-order valence-electron chi connectivity index (χ2n) is 18.5. The van der Waals surface area contributed by atoms with Crippen molar-refractivity contribution in [2.45, 2.75) is 114 Å². The van der Waals surface area contributed by atoms with E-state index in [1.165, 1.54) is 22.9 Å². The molecule has 15 heteroatoms. The van der Waals surface area contributed by atoms with Gasteiger partial charge in [0.05, 0.1) is 23.7 Å². The first-order valence-electron chi connectivity index (χ1n) is 22.9. The molecule has 8 heterocycles. The number of carbonyl (C=O) groups excluding carboxylic acids is 3. The lowest BCUT2D eigenvalue weighted by atomic mass is 9.83. The fraction of sp³-hybridized carbons (Fsp3) is 0.449. The summed E-state index contributed by atoms with van der Waals surface area (Å²) in [6, 6.07) is 17.9. The van der Waals surface area contributed by atoms with Gasteiger partial charge in [0.25, 0.3) is 5.91 Å². The molecule has 2 aromatic carbocycles. The van der Waals surface area contributed by atoms with E-state index in [4.69, 9.17) is 0 Å². The standard InChI is InChI=1S/C49H55FN10O4/c1-31-4-2-3-19-60-45(31)39(26-53-60)44-40(50)27-52-48(56-44)54-42-13-9-35(25-51-42)34-15-20-57(21-16-34)28-32-5-7-33(8-6-32)29-58-22-17-49(64,18-23-58)37-10-11-38-36(24-37)30-59(47(38)63)41-12-14-43(61)55-46(41)62/h5-11,13,24-27,31,34,41,64H,2-4,12,14-23,28-30H2,1H3,(H,55,61,62)(H,51,52,54,56)/t31-,41?/m1/s1. The van der Waals surface area contributed by atoms with Crippen LogP contribution in [0.5, 0.6) is 0 Å². The fourth-order valence-corrected chi connectivity index (χ4v) is 10.5. The number of benzene rings is 2. The molecule has 3 saturated heterocycles. The molecule has 3 aromatic heterocycles. The van der Waals surface area contributed by atoms with E-state index in [0.29, 0.717) is 49.1 Å². The molecule has 0 saturated carbocycles. The molecule has 5 aliphatic heterocycles. The van der Waals surface area contributed by atoms with Gasteiger partial charge in [-0.1, -0.05) is 55.8 Å². The zero-order valence-electron chi connectivity index (χ0n) is 36.3. The van der Waals surface area contributed by atoms with Crippen LogP contribution in [-0.2, 0) is 41.4 Å². The first-order valence-corrected chi connectivity index (χ1v) is 22.9. The average Bonchev–Trinajstić information content (AvgIpc) is 3.82. The molecular weight excluding hydrogens is 812 g/mol. The second-order valence-corrected chi connectivity index (χ2v) is 18.5. The SMILES string of the molecule is C[C@@H]1CCCCn2ncc(-c3nc(Nc4ccc(C5CCN(Cc6ccc(CN7CCC(O)(c8ccc9c(c8)CN(C8CCC(=O)NC8=O)C9=O)CC7)cc6)CC5)cn4)ncc3F)c21. The molecule has 3 N–H and O–H groups in total. The monoisotopic (exact) mass is 866 g/mol. The highest BCUT2D eigenvalue weighted by Gasteiger charge is 2.41. The molecule has 332 valence electrons. The van der Waals surface area contributed by atoms with Crippen molar-refractivity contribution in [2.24, 2.45) is 0 Å². The predicted molar refractivity (Wildman–Crippen MR) is 238 cm³/mol. The van der Waals surface area contributed by atoms with E-state index >= 15 is 4.39 Å². The molecule has 0 aliphatic carbocycles. The normalized spacial score (nSPS) is 21.9. The van der Waals surface area contributed by atoms with Crippen molar-refractivity contribution in [3.05, 3.63) is 118 Å². The lowest BCUT2D eigenvalue weighted by Crippen LogP contribution is -2.52. The Morgan fingerprint density at radius 3 is 2.30 bits per heavy atom. The predicted octanol–water partition coefficient (Wildman–Crippen LogP) is 6.53. The first-order chi connectivity index (χ1) is 31.1. The third-order valence-corrected chi connectivity index (χ3v) is 14.3. The highest BCUT2D eigenvalue weighted by molar-refractivity contribution is 6.05. The minimum absolute atomic E-state index is 0.205. The van der Waals surface area contributed by atoms with Crippen molar-refractivity contribution in [1.82, 2.24) is 44.7 Å². The third kappa shape index (κ3) is 8.55. The van der Waals surface area contributed by atoms with Crippen LogP contribution in [0.4, 0.5) is 16.2 Å². The maximum absolute atomic E-state index is 15.1. The highest BCUT2D eigenvalue weighted by atomic mass is 19.1. The first kappa shape index (κ1) is 42.1. The number of rotatable bonds is 10. The third-order valence-electron chi connectivity index (χ3n) is 14.3. The minimum atomic E-state index is -0.989. The van der Waals surface area contributed by atoms with Crippen molar-refractivity contribution in [1.29, 1.82) is 0 Å². The molecule has 14 nitrogen and oxygen atoms in total. The summed E-state index contributed by atoms with van der Waals surface area (Å²) in [5.41, 5.74) is 6.97. The Kier molecular flexibility index (Phi) is 11.6. The molecule has 0 spiro atoms. The van der Waals surface area contributed by atoms with Crippen LogP contribution in [0.1, 0.15) is 120 Å². The maximum Gasteiger partial charge on any atom is 0.255 e. The zero-order chi connectivity index (χ0) is 44.0. The molecule has 10 rings (SSSR count). The molecule has 3 amide bonds. The number of likely N-dealkylation sites (tertiary alicyclic amines) is 2. The minimum Gasteiger partial charge on any atom is -0.385 e. The second kappa shape index (κ2) is 17.6. The Hall–Kier alpha value is -5.90. The highest BCUT2D eigenvalue weighted by Crippen LogP contribution is 2.38. The van der Waals surface area contributed by atoms with E-state index in [9.17, 15) is 19.5 Å². The van der Waals surface area contributed by atoms with Crippen LogP contribution >= 0.6 is 0 Å². The summed E-state index contributed by atoms with van der Waals surface area (Å²) in [5, 5.41) is 21.9. The molecule has 0 bridgehead atoms. The van der Waals surface area contributed by atoms with Gasteiger partial charge in [0, 0.05) is 63.0 Å². The molecule has 3 fully saturated rings. The van der Waals surface area contributed by atoms with Crippen LogP contribution in [-0.4, -0.2) is 94.5 Å². The average molecular weight is 867 g/mol. The van der Waals surface area contributed by atoms with Gasteiger partial charge in [-0.3, -0.25) is 34.2 Å². The largest absolute Gasteiger partial charge is 0.385 e. The Morgan fingerprint density at radius 2 is 1.58 bits per heavy atom. The van der Waals surface area contributed by atoms with Crippen LogP contribution in [0.15, 0.2) is 73.2 Å². The van der Waals surface area contributed by atoms with Gasteiger partial charge in [0.1, 0.15) is 17.6 Å². The summed E-state index contributed by atoms with van der Waals surface area (Å²) < 4.78 is 17.1. The lowest BCUT2D eigenvalue weighted by Gasteiger charge is -2.38. The summed E-state index contributed by atoms with van der Waals surface area (Å²) in [5.74, 6) is 0.221. The molecule has 5 aromatic rings. The summed E-state index contributed by atoms with van der Waals surface area (Å²) in [6.07, 6.45) is 11.9. The van der Waals surface area contributed by atoms with Gasteiger partial charge in [-0.05, 0) is 110 Å². The number of imide groups is 1. The van der Waals surface area contributed by atoms with Crippen LogP contribution in [0.2, 0.25) is 0 Å². The van der Waals surface area contributed by atoms with Gasteiger partial charge in [-0.2, -0.15) is 5.10 Å². The number of piperidine rings is 3. The number of carbonyl (C=O) groups is 3. The quantitative estimate of drug-likeness (QED) is 0.131. The Labute approximate surface area is 372 Å². The van der Waals surface area contributed by atoms with E-state index in [-0.39, 0.29) is 29.8 Å². The number of nitrogens with one attached hydrogen (secondary N) is 2. The summed E-state index contributed by atoms with van der Waals surface area (Å²) in [7, 11) is 0.